The largest absolute Gasteiger partial charge is 0.388 e. The topological polar surface area (TPSA) is 20.2 Å². The van der Waals surface area contributed by atoms with Gasteiger partial charge in [-0.05, 0) is 44.2 Å². The Hall–Kier alpha value is -0.820. The van der Waals surface area contributed by atoms with Gasteiger partial charge in [0, 0.05) is 5.41 Å². The van der Waals surface area contributed by atoms with Crippen molar-refractivity contribution >= 4 is 0 Å². The van der Waals surface area contributed by atoms with Gasteiger partial charge in [0.15, 0.2) is 0 Å². The van der Waals surface area contributed by atoms with E-state index in [-0.39, 0.29) is 11.5 Å². The molecule has 0 spiro atoms. The van der Waals surface area contributed by atoms with Crippen molar-refractivity contribution in [1.29, 1.82) is 0 Å². The second-order valence-corrected chi connectivity index (χ2v) is 5.69. The highest BCUT2D eigenvalue weighted by Gasteiger charge is 2.39. The molecular formula is C16H24O. The van der Waals surface area contributed by atoms with Crippen LogP contribution < -0.4 is 0 Å². The Morgan fingerprint density at radius 3 is 2.41 bits per heavy atom. The van der Waals surface area contributed by atoms with Gasteiger partial charge in [0.2, 0.25) is 0 Å². The Morgan fingerprint density at radius 2 is 1.88 bits per heavy atom. The summed E-state index contributed by atoms with van der Waals surface area (Å²) in [4.78, 5) is 0. The Balaban J connectivity index is 2.32. The number of aryl methyl sites for hydroxylation is 2. The second kappa shape index (κ2) is 4.81. The van der Waals surface area contributed by atoms with Crippen molar-refractivity contribution in [2.45, 2.75) is 59.0 Å². The number of hydrogen-bond acceptors (Lipinski definition) is 1. The zero-order valence-corrected chi connectivity index (χ0v) is 11.3. The third-order valence-corrected chi connectivity index (χ3v) is 4.60. The van der Waals surface area contributed by atoms with Gasteiger partial charge in [-0.15, -0.1) is 0 Å². The molecule has 2 rings (SSSR count). The molecule has 1 N–H and O–H groups in total. The van der Waals surface area contributed by atoms with Crippen LogP contribution in [0.25, 0.3) is 0 Å². The maximum Gasteiger partial charge on any atom is 0.0848 e. The van der Waals surface area contributed by atoms with Gasteiger partial charge in [0.05, 0.1) is 6.10 Å². The quantitative estimate of drug-likeness (QED) is 0.823. The lowest BCUT2D eigenvalue weighted by Crippen LogP contribution is -2.25. The molecule has 1 saturated carbocycles. The van der Waals surface area contributed by atoms with Gasteiger partial charge in [-0.3, -0.25) is 0 Å². The van der Waals surface area contributed by atoms with Gasteiger partial charge < -0.3 is 5.11 Å². The fourth-order valence-corrected chi connectivity index (χ4v) is 3.36. The predicted molar refractivity (Wildman–Crippen MR) is 72.1 cm³/mol. The molecule has 1 fully saturated rings. The Morgan fingerprint density at radius 1 is 1.24 bits per heavy atom. The number of benzene rings is 1. The van der Waals surface area contributed by atoms with Gasteiger partial charge in [-0.1, -0.05) is 43.5 Å². The molecule has 1 heteroatoms. The van der Waals surface area contributed by atoms with E-state index in [1.807, 2.05) is 0 Å². The van der Waals surface area contributed by atoms with Crippen LogP contribution in [0, 0.1) is 19.3 Å². The minimum Gasteiger partial charge on any atom is -0.388 e. The van der Waals surface area contributed by atoms with Gasteiger partial charge in [0.1, 0.15) is 0 Å². The average Bonchev–Trinajstić information content (AvgIpc) is 2.78. The molecule has 0 aromatic heterocycles. The normalized spacial score (nSPS) is 20.5. The highest BCUT2D eigenvalue weighted by Crippen LogP contribution is 2.50. The van der Waals surface area contributed by atoms with Crippen LogP contribution in [0.2, 0.25) is 0 Å². The summed E-state index contributed by atoms with van der Waals surface area (Å²) in [5.74, 6) is 0. The van der Waals surface area contributed by atoms with Crippen molar-refractivity contribution in [2.24, 2.45) is 5.41 Å². The number of hydrogen-bond donors (Lipinski definition) is 1. The van der Waals surface area contributed by atoms with Crippen molar-refractivity contribution < 1.29 is 5.11 Å². The minimum absolute atomic E-state index is 0.139. The standard InChI is InChI=1S/C16H24O/c1-4-16(9-5-6-10-16)15(17)14-8-7-12(2)11-13(14)3/h7-8,11,15,17H,4-6,9-10H2,1-3H3. The maximum absolute atomic E-state index is 10.7. The molecule has 94 valence electrons. The number of rotatable bonds is 3. The van der Waals surface area contributed by atoms with Crippen molar-refractivity contribution in [2.75, 3.05) is 0 Å². The Bertz CT molecular complexity index is 389. The first-order chi connectivity index (χ1) is 8.09. The van der Waals surface area contributed by atoms with E-state index in [1.54, 1.807) is 0 Å². The summed E-state index contributed by atoms with van der Waals surface area (Å²) in [5, 5.41) is 10.7. The molecule has 1 aromatic rings. The lowest BCUT2D eigenvalue weighted by atomic mass is 9.74. The average molecular weight is 232 g/mol. The highest BCUT2D eigenvalue weighted by atomic mass is 16.3. The van der Waals surface area contributed by atoms with Crippen LogP contribution in [0.1, 0.15) is 61.8 Å². The van der Waals surface area contributed by atoms with E-state index in [0.717, 1.165) is 12.0 Å². The van der Waals surface area contributed by atoms with Crippen LogP contribution in [0.4, 0.5) is 0 Å². The molecule has 1 aliphatic rings. The molecule has 0 amide bonds. The zero-order valence-electron chi connectivity index (χ0n) is 11.3. The molecular weight excluding hydrogens is 208 g/mol. The zero-order chi connectivity index (χ0) is 12.5. The summed E-state index contributed by atoms with van der Waals surface area (Å²) in [6.45, 7) is 6.44. The van der Waals surface area contributed by atoms with E-state index in [1.165, 1.54) is 36.8 Å². The fraction of sp³-hybridized carbons (Fsp3) is 0.625. The van der Waals surface area contributed by atoms with Crippen LogP contribution in [0.5, 0.6) is 0 Å². The molecule has 1 nitrogen and oxygen atoms in total. The summed E-state index contributed by atoms with van der Waals surface area (Å²) in [6.07, 6.45) is 5.71. The van der Waals surface area contributed by atoms with Crippen LogP contribution in [0.15, 0.2) is 18.2 Å². The van der Waals surface area contributed by atoms with Crippen LogP contribution in [-0.4, -0.2) is 5.11 Å². The molecule has 1 atom stereocenters. The Labute approximate surface area is 105 Å². The van der Waals surface area contributed by atoms with Gasteiger partial charge >= 0.3 is 0 Å². The molecule has 0 heterocycles. The van der Waals surface area contributed by atoms with Gasteiger partial charge in [0.25, 0.3) is 0 Å². The monoisotopic (exact) mass is 232 g/mol. The lowest BCUT2D eigenvalue weighted by molar-refractivity contribution is 0.0233. The molecule has 0 saturated heterocycles. The van der Waals surface area contributed by atoms with E-state index < -0.39 is 0 Å². The number of aliphatic hydroxyl groups is 1. The molecule has 0 aliphatic heterocycles. The van der Waals surface area contributed by atoms with Gasteiger partial charge in [-0.2, -0.15) is 0 Å². The van der Waals surface area contributed by atoms with Crippen molar-refractivity contribution in [3.8, 4) is 0 Å². The Kier molecular flexibility index (Phi) is 3.58. The maximum atomic E-state index is 10.7. The van der Waals surface area contributed by atoms with E-state index in [9.17, 15) is 5.11 Å². The smallest absolute Gasteiger partial charge is 0.0848 e. The minimum atomic E-state index is -0.282. The van der Waals surface area contributed by atoms with Crippen molar-refractivity contribution in [1.82, 2.24) is 0 Å². The summed E-state index contributed by atoms with van der Waals surface area (Å²) >= 11 is 0. The summed E-state index contributed by atoms with van der Waals surface area (Å²) in [5.41, 5.74) is 3.78. The molecule has 1 aromatic carbocycles. The van der Waals surface area contributed by atoms with Crippen LogP contribution in [-0.2, 0) is 0 Å². The van der Waals surface area contributed by atoms with E-state index in [4.69, 9.17) is 0 Å². The van der Waals surface area contributed by atoms with Crippen LogP contribution >= 0.6 is 0 Å². The molecule has 0 bridgehead atoms. The summed E-state index contributed by atoms with van der Waals surface area (Å²) in [7, 11) is 0. The van der Waals surface area contributed by atoms with E-state index in [2.05, 4.69) is 39.0 Å². The van der Waals surface area contributed by atoms with E-state index >= 15 is 0 Å². The summed E-state index contributed by atoms with van der Waals surface area (Å²) < 4.78 is 0. The highest BCUT2D eigenvalue weighted by molar-refractivity contribution is 5.33. The number of aliphatic hydroxyl groups excluding tert-OH is 1. The third-order valence-electron chi connectivity index (χ3n) is 4.60. The first-order valence-electron chi connectivity index (χ1n) is 6.84. The third kappa shape index (κ3) is 2.26. The SMILES string of the molecule is CCC1(C(O)c2ccc(C)cc2C)CCCC1. The van der Waals surface area contributed by atoms with E-state index in [0.29, 0.717) is 0 Å². The predicted octanol–water partition coefficient (Wildman–Crippen LogP) is 4.31. The molecule has 1 aliphatic carbocycles. The lowest BCUT2D eigenvalue weighted by Gasteiger charge is -2.34. The fourth-order valence-electron chi connectivity index (χ4n) is 3.36. The van der Waals surface area contributed by atoms with Crippen LogP contribution in [0.3, 0.4) is 0 Å². The molecule has 1 unspecified atom stereocenters. The second-order valence-electron chi connectivity index (χ2n) is 5.69. The molecule has 17 heavy (non-hydrogen) atoms. The van der Waals surface area contributed by atoms with Crippen molar-refractivity contribution in [3.63, 3.8) is 0 Å². The first kappa shape index (κ1) is 12.6. The van der Waals surface area contributed by atoms with Gasteiger partial charge in [-0.25, -0.2) is 0 Å². The first-order valence-corrected chi connectivity index (χ1v) is 6.84. The van der Waals surface area contributed by atoms with Crippen molar-refractivity contribution in [3.05, 3.63) is 34.9 Å². The summed E-state index contributed by atoms with van der Waals surface area (Å²) in [6, 6.07) is 6.41. The molecule has 0 radical (unpaired) electrons.